The Kier molecular flexibility index (Phi) is 3.51. The molecule has 0 bridgehead atoms. The van der Waals surface area contributed by atoms with Crippen LogP contribution < -0.4 is 5.32 Å². The molecule has 0 unspecified atom stereocenters. The number of nitrogens with zero attached hydrogens (tertiary/aromatic N) is 1. The van der Waals surface area contributed by atoms with Crippen LogP contribution in [0.25, 0.3) is 0 Å². The standard InChI is InChI=1S/C11H15N3O/c1-11(2,8-12)10(15)14-6-4-9-3-5-13-7-9/h3,5,7,13H,4,6H2,1-2H3,(H,14,15). The topological polar surface area (TPSA) is 68.7 Å². The summed E-state index contributed by atoms with van der Waals surface area (Å²) in [5.74, 6) is -0.222. The Morgan fingerprint density at radius 2 is 2.40 bits per heavy atom. The van der Waals surface area contributed by atoms with Crippen LogP contribution in [0.1, 0.15) is 19.4 Å². The maximum atomic E-state index is 11.5. The number of rotatable bonds is 4. The molecule has 0 saturated carbocycles. The summed E-state index contributed by atoms with van der Waals surface area (Å²) in [6.45, 7) is 3.78. The van der Waals surface area contributed by atoms with Crippen molar-refractivity contribution in [1.82, 2.24) is 10.3 Å². The number of carbonyl (C=O) groups excluding carboxylic acids is 1. The van der Waals surface area contributed by atoms with Crippen molar-refractivity contribution in [2.24, 2.45) is 5.41 Å². The number of nitriles is 1. The summed E-state index contributed by atoms with van der Waals surface area (Å²) in [6, 6.07) is 3.93. The lowest BCUT2D eigenvalue weighted by atomic mass is 9.95. The predicted molar refractivity (Wildman–Crippen MR) is 56.9 cm³/mol. The first-order valence-corrected chi connectivity index (χ1v) is 4.87. The van der Waals surface area contributed by atoms with Gasteiger partial charge in [-0.25, -0.2) is 0 Å². The van der Waals surface area contributed by atoms with E-state index in [4.69, 9.17) is 5.26 Å². The van der Waals surface area contributed by atoms with Gasteiger partial charge in [0.1, 0.15) is 5.41 Å². The van der Waals surface area contributed by atoms with Crippen LogP contribution in [0.3, 0.4) is 0 Å². The third-order valence-corrected chi connectivity index (χ3v) is 2.21. The average Bonchev–Trinajstić information content (AvgIpc) is 2.70. The van der Waals surface area contributed by atoms with Gasteiger partial charge in [-0.05, 0) is 31.9 Å². The number of nitrogens with one attached hydrogen (secondary N) is 2. The lowest BCUT2D eigenvalue weighted by Crippen LogP contribution is -2.36. The van der Waals surface area contributed by atoms with E-state index in [-0.39, 0.29) is 5.91 Å². The van der Waals surface area contributed by atoms with Crippen molar-refractivity contribution in [2.45, 2.75) is 20.3 Å². The molecule has 4 heteroatoms. The summed E-state index contributed by atoms with van der Waals surface area (Å²) in [6.07, 6.45) is 4.51. The van der Waals surface area contributed by atoms with Gasteiger partial charge in [-0.15, -0.1) is 0 Å². The van der Waals surface area contributed by atoms with Crippen molar-refractivity contribution in [2.75, 3.05) is 6.54 Å². The van der Waals surface area contributed by atoms with Gasteiger partial charge in [0, 0.05) is 18.9 Å². The first-order valence-electron chi connectivity index (χ1n) is 4.87. The van der Waals surface area contributed by atoms with E-state index in [0.717, 1.165) is 12.0 Å². The van der Waals surface area contributed by atoms with E-state index < -0.39 is 5.41 Å². The van der Waals surface area contributed by atoms with Crippen molar-refractivity contribution in [3.05, 3.63) is 24.0 Å². The largest absolute Gasteiger partial charge is 0.367 e. The fraction of sp³-hybridized carbons (Fsp3) is 0.455. The zero-order chi connectivity index (χ0) is 11.3. The summed E-state index contributed by atoms with van der Waals surface area (Å²) in [5, 5.41) is 11.5. The third kappa shape index (κ3) is 3.13. The Morgan fingerprint density at radius 3 is 2.93 bits per heavy atom. The summed E-state index contributed by atoms with van der Waals surface area (Å²) in [7, 11) is 0. The van der Waals surface area contributed by atoms with Crippen LogP contribution in [0.15, 0.2) is 18.5 Å². The molecule has 0 aliphatic rings. The Bertz CT molecular complexity index is 360. The SMILES string of the molecule is CC(C)(C#N)C(=O)NCCc1cc[nH]c1. The fourth-order valence-electron chi connectivity index (χ4n) is 1.11. The van der Waals surface area contributed by atoms with Crippen LogP contribution in [-0.4, -0.2) is 17.4 Å². The van der Waals surface area contributed by atoms with Gasteiger partial charge >= 0.3 is 0 Å². The molecule has 0 aliphatic heterocycles. The zero-order valence-corrected chi connectivity index (χ0v) is 9.00. The second-order valence-electron chi connectivity index (χ2n) is 3.96. The van der Waals surface area contributed by atoms with Gasteiger partial charge in [0.15, 0.2) is 0 Å². The number of aromatic amines is 1. The van der Waals surface area contributed by atoms with Crippen LogP contribution in [-0.2, 0) is 11.2 Å². The fourth-order valence-corrected chi connectivity index (χ4v) is 1.11. The third-order valence-electron chi connectivity index (χ3n) is 2.21. The van der Waals surface area contributed by atoms with Crippen molar-refractivity contribution in [3.8, 4) is 6.07 Å². The Morgan fingerprint density at radius 1 is 1.67 bits per heavy atom. The maximum Gasteiger partial charge on any atom is 0.239 e. The molecule has 15 heavy (non-hydrogen) atoms. The summed E-state index contributed by atoms with van der Waals surface area (Å²) >= 11 is 0. The van der Waals surface area contributed by atoms with Crippen molar-refractivity contribution in [1.29, 1.82) is 5.26 Å². The minimum absolute atomic E-state index is 0.222. The molecule has 0 spiro atoms. The molecule has 1 heterocycles. The smallest absolute Gasteiger partial charge is 0.239 e. The zero-order valence-electron chi connectivity index (χ0n) is 9.00. The van der Waals surface area contributed by atoms with E-state index in [2.05, 4.69) is 10.3 Å². The van der Waals surface area contributed by atoms with Gasteiger partial charge in [-0.3, -0.25) is 4.79 Å². The molecule has 1 aromatic heterocycles. The van der Waals surface area contributed by atoms with Gasteiger partial charge < -0.3 is 10.3 Å². The number of amides is 1. The molecular weight excluding hydrogens is 190 g/mol. The molecule has 80 valence electrons. The molecule has 0 aromatic carbocycles. The lowest BCUT2D eigenvalue weighted by molar-refractivity contribution is -0.126. The second kappa shape index (κ2) is 4.65. The van der Waals surface area contributed by atoms with Crippen LogP contribution in [0.2, 0.25) is 0 Å². The first-order chi connectivity index (χ1) is 7.06. The lowest BCUT2D eigenvalue weighted by Gasteiger charge is -2.14. The van der Waals surface area contributed by atoms with Gasteiger partial charge in [0.05, 0.1) is 6.07 Å². The molecule has 0 aliphatic carbocycles. The predicted octanol–water partition coefficient (Wildman–Crippen LogP) is 1.22. The maximum absolute atomic E-state index is 11.5. The number of aromatic nitrogens is 1. The van der Waals surface area contributed by atoms with Crippen molar-refractivity contribution >= 4 is 5.91 Å². The Hall–Kier alpha value is -1.76. The van der Waals surface area contributed by atoms with Gasteiger partial charge in [-0.2, -0.15) is 5.26 Å². The van der Waals surface area contributed by atoms with E-state index in [1.807, 2.05) is 24.5 Å². The van der Waals surface area contributed by atoms with Crippen LogP contribution >= 0.6 is 0 Å². The highest BCUT2D eigenvalue weighted by molar-refractivity contribution is 5.84. The summed E-state index contributed by atoms with van der Waals surface area (Å²) in [5.41, 5.74) is 0.197. The molecule has 1 rings (SSSR count). The highest BCUT2D eigenvalue weighted by Crippen LogP contribution is 2.12. The quantitative estimate of drug-likeness (QED) is 0.776. The van der Waals surface area contributed by atoms with E-state index in [1.165, 1.54) is 0 Å². The minimum atomic E-state index is -0.946. The number of H-pyrrole nitrogens is 1. The van der Waals surface area contributed by atoms with Crippen LogP contribution in [0.5, 0.6) is 0 Å². The number of hydrogen-bond donors (Lipinski definition) is 2. The van der Waals surface area contributed by atoms with E-state index in [0.29, 0.717) is 6.54 Å². The number of carbonyl (C=O) groups is 1. The van der Waals surface area contributed by atoms with Crippen molar-refractivity contribution < 1.29 is 4.79 Å². The monoisotopic (exact) mass is 205 g/mol. The Labute approximate surface area is 89.3 Å². The highest BCUT2D eigenvalue weighted by Gasteiger charge is 2.26. The van der Waals surface area contributed by atoms with Gasteiger partial charge in [-0.1, -0.05) is 0 Å². The molecule has 1 aromatic rings. The Balaban J connectivity index is 2.33. The van der Waals surface area contributed by atoms with E-state index >= 15 is 0 Å². The number of hydrogen-bond acceptors (Lipinski definition) is 2. The normalized spacial score (nSPS) is 10.7. The van der Waals surface area contributed by atoms with Crippen LogP contribution in [0.4, 0.5) is 0 Å². The van der Waals surface area contributed by atoms with Crippen LogP contribution in [0, 0.1) is 16.7 Å². The highest BCUT2D eigenvalue weighted by atomic mass is 16.2. The molecular formula is C11H15N3O. The molecule has 0 radical (unpaired) electrons. The molecule has 0 fully saturated rings. The second-order valence-corrected chi connectivity index (χ2v) is 3.96. The average molecular weight is 205 g/mol. The van der Waals surface area contributed by atoms with Gasteiger partial charge in [0.25, 0.3) is 0 Å². The van der Waals surface area contributed by atoms with Crippen molar-refractivity contribution in [3.63, 3.8) is 0 Å². The molecule has 0 atom stereocenters. The molecule has 2 N–H and O–H groups in total. The van der Waals surface area contributed by atoms with E-state index in [1.54, 1.807) is 13.8 Å². The first kappa shape index (κ1) is 11.3. The molecule has 0 saturated heterocycles. The summed E-state index contributed by atoms with van der Waals surface area (Å²) in [4.78, 5) is 14.4. The minimum Gasteiger partial charge on any atom is -0.367 e. The molecule has 4 nitrogen and oxygen atoms in total. The molecule has 1 amide bonds. The summed E-state index contributed by atoms with van der Waals surface area (Å²) < 4.78 is 0. The van der Waals surface area contributed by atoms with E-state index in [9.17, 15) is 4.79 Å². The van der Waals surface area contributed by atoms with Gasteiger partial charge in [0.2, 0.25) is 5.91 Å².